The number of rotatable bonds is 9. The maximum atomic E-state index is 5.98. The van der Waals surface area contributed by atoms with Crippen LogP contribution in [0.15, 0.2) is 0 Å². The molecule has 1 N–H and O–H groups in total. The lowest BCUT2D eigenvalue weighted by Gasteiger charge is -2.32. The first-order chi connectivity index (χ1) is 8.81. The molecular weight excluding hydrogens is 222 g/mol. The molecule has 18 heavy (non-hydrogen) atoms. The van der Waals surface area contributed by atoms with Gasteiger partial charge in [0.05, 0.1) is 6.10 Å². The first kappa shape index (κ1) is 16.0. The van der Waals surface area contributed by atoms with Gasteiger partial charge in [0.25, 0.3) is 0 Å². The topological polar surface area (TPSA) is 21.3 Å². The second-order valence-corrected chi connectivity index (χ2v) is 5.69. The highest BCUT2D eigenvalue weighted by molar-refractivity contribution is 4.81. The molecule has 1 rings (SSSR count). The molecule has 0 heterocycles. The van der Waals surface area contributed by atoms with Crippen molar-refractivity contribution in [3.05, 3.63) is 0 Å². The Morgan fingerprint density at radius 2 is 1.83 bits per heavy atom. The Kier molecular flexibility index (Phi) is 8.70. The largest absolute Gasteiger partial charge is 0.377 e. The van der Waals surface area contributed by atoms with E-state index >= 15 is 0 Å². The van der Waals surface area contributed by atoms with Crippen molar-refractivity contribution < 1.29 is 4.74 Å². The van der Waals surface area contributed by atoms with E-state index in [0.29, 0.717) is 12.1 Å². The van der Waals surface area contributed by atoms with Crippen molar-refractivity contribution in [1.82, 2.24) is 5.32 Å². The molecule has 1 saturated carbocycles. The van der Waals surface area contributed by atoms with Gasteiger partial charge < -0.3 is 10.1 Å². The SMILES string of the molecule is CCCC(OCC)C(CC1CCCCC1)NCC. The molecule has 2 heteroatoms. The van der Waals surface area contributed by atoms with Crippen LogP contribution in [0.5, 0.6) is 0 Å². The third kappa shape index (κ3) is 5.71. The maximum Gasteiger partial charge on any atom is 0.0727 e. The zero-order valence-corrected chi connectivity index (χ0v) is 12.7. The van der Waals surface area contributed by atoms with Crippen LogP contribution in [0.2, 0.25) is 0 Å². The number of hydrogen-bond donors (Lipinski definition) is 1. The summed E-state index contributed by atoms with van der Waals surface area (Å²) in [4.78, 5) is 0. The van der Waals surface area contributed by atoms with Crippen molar-refractivity contribution in [3.63, 3.8) is 0 Å². The van der Waals surface area contributed by atoms with E-state index in [4.69, 9.17) is 4.74 Å². The average molecular weight is 255 g/mol. The van der Waals surface area contributed by atoms with Crippen molar-refractivity contribution in [3.8, 4) is 0 Å². The minimum absolute atomic E-state index is 0.418. The van der Waals surface area contributed by atoms with E-state index in [-0.39, 0.29) is 0 Å². The van der Waals surface area contributed by atoms with Gasteiger partial charge in [-0.2, -0.15) is 0 Å². The summed E-state index contributed by atoms with van der Waals surface area (Å²) in [5.41, 5.74) is 0. The molecule has 2 atom stereocenters. The highest BCUT2D eigenvalue weighted by atomic mass is 16.5. The standard InChI is InChI=1S/C16H33NO/c1-4-10-16(18-6-3)15(17-5-2)13-14-11-8-7-9-12-14/h14-17H,4-13H2,1-3H3. The summed E-state index contributed by atoms with van der Waals surface area (Å²) < 4.78 is 5.98. The van der Waals surface area contributed by atoms with E-state index in [0.717, 1.165) is 19.1 Å². The van der Waals surface area contributed by atoms with Crippen LogP contribution in [0.4, 0.5) is 0 Å². The van der Waals surface area contributed by atoms with Crippen LogP contribution in [0.1, 0.15) is 72.1 Å². The Bertz CT molecular complexity index is 184. The molecule has 0 radical (unpaired) electrons. The van der Waals surface area contributed by atoms with Crippen LogP contribution in [0.25, 0.3) is 0 Å². The third-order valence-electron chi connectivity index (χ3n) is 4.18. The summed E-state index contributed by atoms with van der Waals surface area (Å²) in [6.45, 7) is 8.49. The van der Waals surface area contributed by atoms with Gasteiger partial charge in [0.1, 0.15) is 0 Å². The fourth-order valence-corrected chi connectivity index (χ4v) is 3.31. The minimum Gasteiger partial charge on any atom is -0.377 e. The van der Waals surface area contributed by atoms with Gasteiger partial charge in [-0.25, -0.2) is 0 Å². The van der Waals surface area contributed by atoms with Crippen LogP contribution in [0, 0.1) is 5.92 Å². The van der Waals surface area contributed by atoms with Crippen molar-refractivity contribution in [1.29, 1.82) is 0 Å². The van der Waals surface area contributed by atoms with Crippen LogP contribution in [-0.2, 0) is 4.74 Å². The van der Waals surface area contributed by atoms with Crippen molar-refractivity contribution in [2.75, 3.05) is 13.2 Å². The molecule has 108 valence electrons. The Hall–Kier alpha value is -0.0800. The molecule has 0 amide bonds. The molecule has 0 aliphatic heterocycles. The second kappa shape index (κ2) is 9.80. The predicted molar refractivity (Wildman–Crippen MR) is 79.0 cm³/mol. The van der Waals surface area contributed by atoms with E-state index < -0.39 is 0 Å². The first-order valence-electron chi connectivity index (χ1n) is 8.16. The van der Waals surface area contributed by atoms with Gasteiger partial charge in [0, 0.05) is 12.6 Å². The quantitative estimate of drug-likeness (QED) is 0.668. The van der Waals surface area contributed by atoms with E-state index in [1.54, 1.807) is 0 Å². The molecule has 1 aliphatic rings. The number of hydrogen-bond acceptors (Lipinski definition) is 2. The van der Waals surface area contributed by atoms with Gasteiger partial charge in [-0.15, -0.1) is 0 Å². The minimum atomic E-state index is 0.418. The normalized spacial score (nSPS) is 20.8. The Balaban J connectivity index is 2.48. The Labute approximate surface area is 114 Å². The molecule has 0 aromatic heterocycles. The van der Waals surface area contributed by atoms with E-state index in [1.165, 1.54) is 51.4 Å². The number of ether oxygens (including phenoxy) is 1. The third-order valence-corrected chi connectivity index (χ3v) is 4.18. The van der Waals surface area contributed by atoms with Gasteiger partial charge in [0.2, 0.25) is 0 Å². The Morgan fingerprint density at radius 1 is 1.11 bits per heavy atom. The average Bonchev–Trinajstić information content (AvgIpc) is 2.39. The van der Waals surface area contributed by atoms with E-state index in [1.807, 2.05) is 0 Å². The molecule has 0 aromatic carbocycles. The molecule has 0 aromatic rings. The number of likely N-dealkylation sites (N-methyl/N-ethyl adjacent to an activating group) is 1. The van der Waals surface area contributed by atoms with Crippen molar-refractivity contribution in [2.45, 2.75) is 84.3 Å². The van der Waals surface area contributed by atoms with Gasteiger partial charge >= 0.3 is 0 Å². The highest BCUT2D eigenvalue weighted by Gasteiger charge is 2.25. The molecule has 0 bridgehead atoms. The molecule has 2 unspecified atom stereocenters. The van der Waals surface area contributed by atoms with E-state index in [2.05, 4.69) is 26.1 Å². The van der Waals surface area contributed by atoms with Gasteiger partial charge in [-0.1, -0.05) is 52.4 Å². The van der Waals surface area contributed by atoms with Gasteiger partial charge in [-0.05, 0) is 32.2 Å². The highest BCUT2D eigenvalue weighted by Crippen LogP contribution is 2.29. The van der Waals surface area contributed by atoms with Gasteiger partial charge in [-0.3, -0.25) is 0 Å². The first-order valence-corrected chi connectivity index (χ1v) is 8.16. The molecule has 1 aliphatic carbocycles. The van der Waals surface area contributed by atoms with Crippen molar-refractivity contribution in [2.24, 2.45) is 5.92 Å². The predicted octanol–water partition coefficient (Wildman–Crippen LogP) is 4.14. The zero-order chi connectivity index (χ0) is 13.2. The second-order valence-electron chi connectivity index (χ2n) is 5.69. The van der Waals surface area contributed by atoms with Crippen molar-refractivity contribution >= 4 is 0 Å². The molecule has 1 fully saturated rings. The summed E-state index contributed by atoms with van der Waals surface area (Å²) in [6, 6.07) is 0.568. The summed E-state index contributed by atoms with van der Waals surface area (Å²) >= 11 is 0. The van der Waals surface area contributed by atoms with Crippen LogP contribution in [-0.4, -0.2) is 25.3 Å². The van der Waals surface area contributed by atoms with Crippen LogP contribution < -0.4 is 5.32 Å². The summed E-state index contributed by atoms with van der Waals surface area (Å²) in [7, 11) is 0. The summed E-state index contributed by atoms with van der Waals surface area (Å²) in [5.74, 6) is 0.933. The molecule has 2 nitrogen and oxygen atoms in total. The van der Waals surface area contributed by atoms with E-state index in [9.17, 15) is 0 Å². The number of nitrogens with one attached hydrogen (secondary N) is 1. The smallest absolute Gasteiger partial charge is 0.0727 e. The monoisotopic (exact) mass is 255 g/mol. The molecular formula is C16H33NO. The molecule has 0 spiro atoms. The van der Waals surface area contributed by atoms with Crippen LogP contribution in [0.3, 0.4) is 0 Å². The fourth-order valence-electron chi connectivity index (χ4n) is 3.31. The lowest BCUT2D eigenvalue weighted by molar-refractivity contribution is 0.0203. The van der Waals surface area contributed by atoms with Gasteiger partial charge in [0.15, 0.2) is 0 Å². The van der Waals surface area contributed by atoms with Crippen LogP contribution >= 0.6 is 0 Å². The lowest BCUT2D eigenvalue weighted by atomic mass is 9.83. The fraction of sp³-hybridized carbons (Fsp3) is 1.00. The zero-order valence-electron chi connectivity index (χ0n) is 12.7. The summed E-state index contributed by atoms with van der Waals surface area (Å²) in [6.07, 6.45) is 11.4. The maximum absolute atomic E-state index is 5.98. The Morgan fingerprint density at radius 3 is 2.39 bits per heavy atom. The molecule has 0 saturated heterocycles. The summed E-state index contributed by atoms with van der Waals surface area (Å²) in [5, 5.41) is 3.67. The lowest BCUT2D eigenvalue weighted by Crippen LogP contribution is -2.43.